The molecular formula is C16H24ClN3O2. The molecule has 2 rings (SSSR count). The van der Waals surface area contributed by atoms with E-state index in [1.807, 2.05) is 29.2 Å². The highest BCUT2D eigenvalue weighted by Gasteiger charge is 2.17. The first-order valence-corrected chi connectivity index (χ1v) is 7.50. The van der Waals surface area contributed by atoms with Gasteiger partial charge in [0.15, 0.2) is 0 Å². The fourth-order valence-corrected chi connectivity index (χ4v) is 2.50. The number of amides is 2. The predicted molar refractivity (Wildman–Crippen MR) is 90.4 cm³/mol. The standard InChI is InChI=1S/C16H23N3O2.ClH/c1-17-12-15(20)18-14-7-4-13(5-8-14)6-9-16(21)19-10-2-3-11-19;/h4-5,7-8,17H,2-3,6,9-12H2,1H3,(H,18,20);1H. The van der Waals surface area contributed by atoms with Gasteiger partial charge in [-0.25, -0.2) is 0 Å². The molecule has 1 saturated heterocycles. The molecule has 1 heterocycles. The zero-order chi connectivity index (χ0) is 15.1. The first-order chi connectivity index (χ1) is 10.2. The van der Waals surface area contributed by atoms with E-state index in [0.717, 1.165) is 43.6 Å². The molecule has 1 aliphatic rings. The van der Waals surface area contributed by atoms with Crippen molar-refractivity contribution in [2.75, 3.05) is 32.0 Å². The summed E-state index contributed by atoms with van der Waals surface area (Å²) >= 11 is 0. The number of hydrogen-bond acceptors (Lipinski definition) is 3. The van der Waals surface area contributed by atoms with Crippen molar-refractivity contribution in [2.45, 2.75) is 25.7 Å². The summed E-state index contributed by atoms with van der Waals surface area (Å²) < 4.78 is 0. The van der Waals surface area contributed by atoms with Gasteiger partial charge in [0, 0.05) is 25.2 Å². The van der Waals surface area contributed by atoms with E-state index in [2.05, 4.69) is 10.6 Å². The number of likely N-dealkylation sites (tertiary alicyclic amines) is 1. The smallest absolute Gasteiger partial charge is 0.238 e. The SMILES string of the molecule is CNCC(=O)Nc1ccc(CCC(=O)N2CCCC2)cc1.Cl. The molecule has 0 radical (unpaired) electrons. The van der Waals surface area contributed by atoms with Crippen molar-refractivity contribution in [3.05, 3.63) is 29.8 Å². The molecule has 122 valence electrons. The summed E-state index contributed by atoms with van der Waals surface area (Å²) in [7, 11) is 1.74. The van der Waals surface area contributed by atoms with E-state index in [4.69, 9.17) is 0 Å². The quantitative estimate of drug-likeness (QED) is 0.838. The molecule has 1 aromatic rings. The second-order valence-electron chi connectivity index (χ2n) is 5.36. The maximum absolute atomic E-state index is 12.0. The van der Waals surface area contributed by atoms with E-state index < -0.39 is 0 Å². The molecule has 0 aromatic heterocycles. The normalized spacial score (nSPS) is 13.6. The van der Waals surface area contributed by atoms with E-state index in [9.17, 15) is 9.59 Å². The number of hydrogen-bond donors (Lipinski definition) is 2. The molecule has 1 fully saturated rings. The number of nitrogens with zero attached hydrogens (tertiary/aromatic N) is 1. The molecular weight excluding hydrogens is 302 g/mol. The minimum Gasteiger partial charge on any atom is -0.343 e. The number of anilines is 1. The van der Waals surface area contributed by atoms with Crippen molar-refractivity contribution >= 4 is 29.9 Å². The molecule has 1 aliphatic heterocycles. The van der Waals surface area contributed by atoms with Gasteiger partial charge >= 0.3 is 0 Å². The van der Waals surface area contributed by atoms with Gasteiger partial charge in [-0.1, -0.05) is 12.1 Å². The summed E-state index contributed by atoms with van der Waals surface area (Å²) in [6.07, 6.45) is 3.57. The van der Waals surface area contributed by atoms with Gasteiger partial charge in [-0.3, -0.25) is 9.59 Å². The average Bonchev–Trinajstić information content (AvgIpc) is 3.01. The van der Waals surface area contributed by atoms with Crippen molar-refractivity contribution in [1.82, 2.24) is 10.2 Å². The molecule has 6 heteroatoms. The fourth-order valence-electron chi connectivity index (χ4n) is 2.50. The zero-order valence-corrected chi connectivity index (χ0v) is 13.7. The van der Waals surface area contributed by atoms with Crippen molar-refractivity contribution in [2.24, 2.45) is 0 Å². The van der Waals surface area contributed by atoms with Crippen LogP contribution in [-0.4, -0.2) is 43.4 Å². The van der Waals surface area contributed by atoms with Crippen LogP contribution in [0.1, 0.15) is 24.8 Å². The van der Waals surface area contributed by atoms with Crippen LogP contribution < -0.4 is 10.6 Å². The van der Waals surface area contributed by atoms with E-state index in [0.29, 0.717) is 13.0 Å². The van der Waals surface area contributed by atoms with Crippen molar-refractivity contribution in [3.63, 3.8) is 0 Å². The van der Waals surface area contributed by atoms with Gasteiger partial charge in [-0.15, -0.1) is 12.4 Å². The van der Waals surface area contributed by atoms with E-state index in [1.165, 1.54) is 0 Å². The molecule has 5 nitrogen and oxygen atoms in total. The predicted octanol–water partition coefficient (Wildman–Crippen LogP) is 1.82. The van der Waals surface area contributed by atoms with Crippen LogP contribution in [0.2, 0.25) is 0 Å². The van der Waals surface area contributed by atoms with Crippen LogP contribution >= 0.6 is 12.4 Å². The van der Waals surface area contributed by atoms with E-state index in [-0.39, 0.29) is 24.2 Å². The number of halogens is 1. The molecule has 22 heavy (non-hydrogen) atoms. The molecule has 1 aromatic carbocycles. The summed E-state index contributed by atoms with van der Waals surface area (Å²) in [5.41, 5.74) is 1.90. The van der Waals surface area contributed by atoms with Gasteiger partial charge in [0.25, 0.3) is 0 Å². The Morgan fingerprint density at radius 2 is 1.77 bits per heavy atom. The molecule has 0 spiro atoms. The number of rotatable bonds is 6. The van der Waals surface area contributed by atoms with Crippen LogP contribution in [0.5, 0.6) is 0 Å². The Labute approximate surface area is 137 Å². The zero-order valence-electron chi connectivity index (χ0n) is 12.9. The number of benzene rings is 1. The summed E-state index contributed by atoms with van der Waals surface area (Å²) in [5, 5.41) is 5.61. The number of carbonyl (C=O) groups excluding carboxylic acids is 2. The molecule has 2 amide bonds. The summed E-state index contributed by atoms with van der Waals surface area (Å²) in [6.45, 7) is 2.12. The van der Waals surface area contributed by atoms with Gasteiger partial charge in [-0.2, -0.15) is 0 Å². The highest BCUT2D eigenvalue weighted by molar-refractivity contribution is 5.92. The second kappa shape index (κ2) is 9.43. The monoisotopic (exact) mass is 325 g/mol. The Morgan fingerprint density at radius 3 is 2.36 bits per heavy atom. The highest BCUT2D eigenvalue weighted by Crippen LogP contribution is 2.13. The lowest BCUT2D eigenvalue weighted by molar-refractivity contribution is -0.130. The molecule has 0 bridgehead atoms. The highest BCUT2D eigenvalue weighted by atomic mass is 35.5. The van der Waals surface area contributed by atoms with Crippen LogP contribution in [0.3, 0.4) is 0 Å². The fraction of sp³-hybridized carbons (Fsp3) is 0.500. The van der Waals surface area contributed by atoms with Crippen molar-refractivity contribution in [3.8, 4) is 0 Å². The minimum absolute atomic E-state index is 0. The third kappa shape index (κ3) is 5.66. The average molecular weight is 326 g/mol. The van der Waals surface area contributed by atoms with Crippen LogP contribution in [0, 0.1) is 0 Å². The maximum atomic E-state index is 12.0. The first-order valence-electron chi connectivity index (χ1n) is 7.50. The van der Waals surface area contributed by atoms with Gasteiger partial charge in [0.2, 0.25) is 11.8 Å². The number of nitrogens with one attached hydrogen (secondary N) is 2. The summed E-state index contributed by atoms with van der Waals surface area (Å²) in [5.74, 6) is 0.188. The number of carbonyl (C=O) groups is 2. The van der Waals surface area contributed by atoms with Gasteiger partial charge < -0.3 is 15.5 Å². The topological polar surface area (TPSA) is 61.4 Å². The molecule has 2 N–H and O–H groups in total. The summed E-state index contributed by atoms with van der Waals surface area (Å²) in [4.78, 5) is 25.4. The Bertz CT molecular complexity index is 485. The molecule has 0 unspecified atom stereocenters. The van der Waals surface area contributed by atoms with Crippen molar-refractivity contribution < 1.29 is 9.59 Å². The van der Waals surface area contributed by atoms with Gasteiger partial charge in [0.05, 0.1) is 6.54 Å². The number of likely N-dealkylation sites (N-methyl/N-ethyl adjacent to an activating group) is 1. The lowest BCUT2D eigenvalue weighted by atomic mass is 10.1. The number of aryl methyl sites for hydroxylation is 1. The molecule has 0 aliphatic carbocycles. The Balaban J connectivity index is 0.00000242. The minimum atomic E-state index is -0.0607. The van der Waals surface area contributed by atoms with Crippen LogP contribution in [0.15, 0.2) is 24.3 Å². The second-order valence-corrected chi connectivity index (χ2v) is 5.36. The third-order valence-electron chi connectivity index (χ3n) is 3.66. The van der Waals surface area contributed by atoms with Gasteiger partial charge in [0.1, 0.15) is 0 Å². The van der Waals surface area contributed by atoms with Crippen LogP contribution in [-0.2, 0) is 16.0 Å². The maximum Gasteiger partial charge on any atom is 0.238 e. The molecule has 0 saturated carbocycles. The van der Waals surface area contributed by atoms with Crippen LogP contribution in [0.25, 0.3) is 0 Å². The van der Waals surface area contributed by atoms with Gasteiger partial charge in [-0.05, 0) is 44.0 Å². The van der Waals surface area contributed by atoms with Crippen LogP contribution in [0.4, 0.5) is 5.69 Å². The lowest BCUT2D eigenvalue weighted by Gasteiger charge is -2.15. The third-order valence-corrected chi connectivity index (χ3v) is 3.66. The van der Waals surface area contributed by atoms with E-state index >= 15 is 0 Å². The summed E-state index contributed by atoms with van der Waals surface area (Å²) in [6, 6.07) is 7.69. The lowest BCUT2D eigenvalue weighted by Crippen LogP contribution is -2.27. The van der Waals surface area contributed by atoms with E-state index in [1.54, 1.807) is 7.05 Å². The molecule has 0 atom stereocenters. The Kier molecular flexibility index (Phi) is 7.91. The largest absolute Gasteiger partial charge is 0.343 e. The Hall–Kier alpha value is -1.59. The van der Waals surface area contributed by atoms with Crippen molar-refractivity contribution in [1.29, 1.82) is 0 Å². The Morgan fingerprint density at radius 1 is 1.14 bits per heavy atom. The first kappa shape index (κ1) is 18.5.